The number of hydrogen-bond donors (Lipinski definition) is 4. The fraction of sp³-hybridized carbons (Fsp3) is 0.320. The van der Waals surface area contributed by atoms with E-state index in [2.05, 4.69) is 16.0 Å². The van der Waals surface area contributed by atoms with Gasteiger partial charge in [-0.15, -0.1) is 0 Å². The van der Waals surface area contributed by atoms with Crippen LogP contribution in [0.4, 0.5) is 4.39 Å². The first kappa shape index (κ1) is 26.4. The monoisotopic (exact) mass is 468 g/mol. The first-order chi connectivity index (χ1) is 16.2. The molecule has 8 nitrogen and oxygen atoms in total. The van der Waals surface area contributed by atoms with Crippen molar-refractivity contribution in [1.29, 1.82) is 5.41 Å². The van der Waals surface area contributed by atoms with Gasteiger partial charge in [0.25, 0.3) is 0 Å². The number of carbonyl (C=O) groups is 4. The van der Waals surface area contributed by atoms with Crippen LogP contribution in [0.25, 0.3) is 0 Å². The SMILES string of the molecule is CC(=O)N[C@@H](Cc1ccc(F)cc1C)C(=O)N[C@@H](CCC(=O)C=N)C(=O)NCc1ccccc1. The largest absolute Gasteiger partial charge is 0.350 e. The first-order valence-electron chi connectivity index (χ1n) is 10.9. The topological polar surface area (TPSA) is 128 Å². The molecule has 0 aliphatic rings. The highest BCUT2D eigenvalue weighted by molar-refractivity contribution is 6.26. The first-order valence-corrected chi connectivity index (χ1v) is 10.9. The van der Waals surface area contributed by atoms with Crippen LogP contribution >= 0.6 is 0 Å². The molecule has 0 saturated carbocycles. The Bertz CT molecular complexity index is 1040. The van der Waals surface area contributed by atoms with Crippen molar-refractivity contribution in [3.05, 3.63) is 71.0 Å². The Hall–Kier alpha value is -3.88. The summed E-state index contributed by atoms with van der Waals surface area (Å²) in [5, 5.41) is 15.0. The summed E-state index contributed by atoms with van der Waals surface area (Å²) in [7, 11) is 0. The highest BCUT2D eigenvalue weighted by atomic mass is 19.1. The molecule has 9 heteroatoms. The number of ketones is 1. The van der Waals surface area contributed by atoms with E-state index in [1.54, 1.807) is 13.0 Å². The van der Waals surface area contributed by atoms with Gasteiger partial charge in [-0.05, 0) is 42.2 Å². The van der Waals surface area contributed by atoms with Crippen molar-refractivity contribution in [3.8, 4) is 0 Å². The summed E-state index contributed by atoms with van der Waals surface area (Å²) in [4.78, 5) is 49.2. The maximum Gasteiger partial charge on any atom is 0.243 e. The maximum absolute atomic E-state index is 13.5. The molecule has 0 spiro atoms. The van der Waals surface area contributed by atoms with Crippen molar-refractivity contribution < 1.29 is 23.6 Å². The van der Waals surface area contributed by atoms with Crippen LogP contribution in [0.15, 0.2) is 48.5 Å². The number of Topliss-reactive ketones (excluding diaryl/α,β-unsaturated/α-hetero) is 1. The molecule has 2 aromatic rings. The van der Waals surface area contributed by atoms with Gasteiger partial charge in [-0.25, -0.2) is 4.39 Å². The third-order valence-electron chi connectivity index (χ3n) is 5.21. The van der Waals surface area contributed by atoms with Crippen LogP contribution in [0.1, 0.15) is 36.5 Å². The summed E-state index contributed by atoms with van der Waals surface area (Å²) in [6.07, 6.45) is 0.644. The molecule has 0 radical (unpaired) electrons. The fourth-order valence-electron chi connectivity index (χ4n) is 3.37. The Kier molecular flexibility index (Phi) is 10.1. The molecule has 2 aromatic carbocycles. The molecule has 0 aliphatic heterocycles. The van der Waals surface area contributed by atoms with Gasteiger partial charge in [0.05, 0.1) is 6.21 Å². The van der Waals surface area contributed by atoms with Crippen LogP contribution < -0.4 is 16.0 Å². The lowest BCUT2D eigenvalue weighted by molar-refractivity contribution is -0.132. The second-order valence-electron chi connectivity index (χ2n) is 7.94. The molecule has 2 atom stereocenters. The number of hydrogen-bond acceptors (Lipinski definition) is 5. The minimum absolute atomic E-state index is 0.0110. The second-order valence-corrected chi connectivity index (χ2v) is 7.94. The minimum Gasteiger partial charge on any atom is -0.350 e. The van der Waals surface area contributed by atoms with E-state index in [0.29, 0.717) is 17.3 Å². The van der Waals surface area contributed by atoms with Gasteiger partial charge in [0, 0.05) is 26.3 Å². The van der Waals surface area contributed by atoms with E-state index in [-0.39, 0.29) is 25.8 Å². The predicted molar refractivity (Wildman–Crippen MR) is 126 cm³/mol. The number of amides is 3. The van der Waals surface area contributed by atoms with Crippen molar-refractivity contribution in [2.75, 3.05) is 0 Å². The molecule has 0 aliphatic carbocycles. The van der Waals surface area contributed by atoms with Crippen molar-refractivity contribution in [2.45, 2.75) is 51.7 Å². The van der Waals surface area contributed by atoms with Crippen molar-refractivity contribution in [1.82, 2.24) is 16.0 Å². The van der Waals surface area contributed by atoms with E-state index >= 15 is 0 Å². The smallest absolute Gasteiger partial charge is 0.243 e. The van der Waals surface area contributed by atoms with Crippen molar-refractivity contribution in [3.63, 3.8) is 0 Å². The Morgan fingerprint density at radius 1 is 1.00 bits per heavy atom. The number of aryl methyl sites for hydroxylation is 1. The van der Waals surface area contributed by atoms with E-state index in [4.69, 9.17) is 5.41 Å². The molecule has 2 rings (SSSR count). The van der Waals surface area contributed by atoms with E-state index in [1.165, 1.54) is 19.1 Å². The Balaban J connectivity index is 2.15. The van der Waals surface area contributed by atoms with Gasteiger partial charge in [0.2, 0.25) is 17.7 Å². The average molecular weight is 469 g/mol. The molecule has 180 valence electrons. The summed E-state index contributed by atoms with van der Waals surface area (Å²) in [5.74, 6) is -2.43. The van der Waals surface area contributed by atoms with Gasteiger partial charge in [0.15, 0.2) is 5.78 Å². The van der Waals surface area contributed by atoms with Crippen LogP contribution in [0.3, 0.4) is 0 Å². The Morgan fingerprint density at radius 2 is 1.71 bits per heavy atom. The Labute approximate surface area is 197 Å². The highest BCUT2D eigenvalue weighted by Crippen LogP contribution is 2.13. The zero-order valence-corrected chi connectivity index (χ0v) is 19.2. The van der Waals surface area contributed by atoms with Gasteiger partial charge in [0.1, 0.15) is 17.9 Å². The van der Waals surface area contributed by atoms with E-state index in [9.17, 15) is 23.6 Å². The molecular weight excluding hydrogens is 439 g/mol. The van der Waals surface area contributed by atoms with Gasteiger partial charge >= 0.3 is 0 Å². The van der Waals surface area contributed by atoms with Gasteiger partial charge < -0.3 is 21.4 Å². The average Bonchev–Trinajstić information content (AvgIpc) is 2.81. The number of nitrogens with one attached hydrogen (secondary N) is 4. The summed E-state index contributed by atoms with van der Waals surface area (Å²) >= 11 is 0. The van der Waals surface area contributed by atoms with Crippen molar-refractivity contribution >= 4 is 29.7 Å². The van der Waals surface area contributed by atoms with Crippen LogP contribution in [0.2, 0.25) is 0 Å². The molecule has 0 saturated heterocycles. The zero-order chi connectivity index (χ0) is 25.1. The molecule has 0 aromatic heterocycles. The summed E-state index contributed by atoms with van der Waals surface area (Å²) in [6, 6.07) is 11.3. The lowest BCUT2D eigenvalue weighted by atomic mass is 9.99. The zero-order valence-electron chi connectivity index (χ0n) is 19.2. The fourth-order valence-corrected chi connectivity index (χ4v) is 3.37. The maximum atomic E-state index is 13.5. The number of halogens is 1. The number of carbonyl (C=O) groups excluding carboxylic acids is 4. The molecule has 0 fully saturated rings. The highest BCUT2D eigenvalue weighted by Gasteiger charge is 2.27. The minimum atomic E-state index is -1.05. The van der Waals surface area contributed by atoms with Gasteiger partial charge in [-0.2, -0.15) is 0 Å². The van der Waals surface area contributed by atoms with Crippen LogP contribution in [0.5, 0.6) is 0 Å². The van der Waals surface area contributed by atoms with E-state index < -0.39 is 41.4 Å². The molecule has 0 unspecified atom stereocenters. The quantitative estimate of drug-likeness (QED) is 0.355. The van der Waals surface area contributed by atoms with Crippen LogP contribution in [-0.4, -0.2) is 41.8 Å². The third kappa shape index (κ3) is 8.57. The van der Waals surface area contributed by atoms with Crippen LogP contribution in [0, 0.1) is 18.2 Å². The Morgan fingerprint density at radius 3 is 2.32 bits per heavy atom. The standard InChI is InChI=1S/C25H29FN4O4/c1-16-12-20(26)9-8-19(16)13-23(29-17(2)31)25(34)30-22(11-10-21(32)14-27)24(33)28-15-18-6-4-3-5-7-18/h3-9,12,14,22-23,27H,10-11,13,15H2,1-2H3,(H,28,33)(H,29,31)(H,30,34)/t22-,23-/m0/s1. The third-order valence-corrected chi connectivity index (χ3v) is 5.21. The predicted octanol–water partition coefficient (Wildman–Crippen LogP) is 1.98. The number of rotatable bonds is 12. The lowest BCUT2D eigenvalue weighted by Gasteiger charge is -2.23. The summed E-state index contributed by atoms with van der Waals surface area (Å²) < 4.78 is 13.5. The molecule has 4 N–H and O–H groups in total. The van der Waals surface area contributed by atoms with Gasteiger partial charge in [-0.1, -0.05) is 36.4 Å². The number of benzene rings is 2. The van der Waals surface area contributed by atoms with Crippen LogP contribution in [-0.2, 0) is 32.1 Å². The molecule has 3 amide bonds. The van der Waals surface area contributed by atoms with Gasteiger partial charge in [-0.3, -0.25) is 19.2 Å². The van der Waals surface area contributed by atoms with Crippen molar-refractivity contribution in [2.24, 2.45) is 0 Å². The summed E-state index contributed by atoms with van der Waals surface area (Å²) in [5.41, 5.74) is 2.15. The normalized spacial score (nSPS) is 12.2. The molecule has 0 heterocycles. The summed E-state index contributed by atoms with van der Waals surface area (Å²) in [6.45, 7) is 3.20. The second kappa shape index (κ2) is 13.0. The molecular formula is C25H29FN4O4. The lowest BCUT2D eigenvalue weighted by Crippen LogP contribution is -2.54. The van der Waals surface area contributed by atoms with E-state index in [1.807, 2.05) is 30.3 Å². The van der Waals surface area contributed by atoms with E-state index in [0.717, 1.165) is 5.56 Å². The molecule has 34 heavy (non-hydrogen) atoms. The molecule has 0 bridgehead atoms.